The number of carbonyl (C=O) groups is 1. The van der Waals surface area contributed by atoms with Gasteiger partial charge in [0.25, 0.3) is 0 Å². The molecule has 4 heteroatoms. The monoisotopic (exact) mass is 241 g/mol. The predicted molar refractivity (Wildman–Crippen MR) is 71.0 cm³/mol. The number of hydrogen-bond acceptors (Lipinski definition) is 3. The summed E-state index contributed by atoms with van der Waals surface area (Å²) in [5.74, 6) is 0.218. The van der Waals surface area contributed by atoms with E-state index < -0.39 is 0 Å². The predicted octanol–water partition coefficient (Wildman–Crippen LogP) is 0.927. The van der Waals surface area contributed by atoms with Crippen molar-refractivity contribution in [3.8, 4) is 0 Å². The molecule has 0 bridgehead atoms. The number of hydrogen-bond donors (Lipinski definition) is 1. The van der Waals surface area contributed by atoms with E-state index in [0.717, 1.165) is 25.6 Å². The van der Waals surface area contributed by atoms with Crippen LogP contribution in [-0.4, -0.2) is 62.0 Å². The highest BCUT2D eigenvalue weighted by Gasteiger charge is 2.28. The Labute approximate surface area is 105 Å². The zero-order valence-corrected chi connectivity index (χ0v) is 11.7. The zero-order chi connectivity index (χ0) is 12.8. The summed E-state index contributed by atoms with van der Waals surface area (Å²) in [7, 11) is 5.82. The lowest BCUT2D eigenvalue weighted by atomic mass is 10.2. The molecule has 0 heterocycles. The van der Waals surface area contributed by atoms with Gasteiger partial charge in [0.1, 0.15) is 0 Å². The van der Waals surface area contributed by atoms with E-state index in [2.05, 4.69) is 24.2 Å². The first-order valence-electron chi connectivity index (χ1n) is 6.65. The number of amides is 1. The molecule has 1 atom stereocenters. The van der Waals surface area contributed by atoms with Crippen LogP contribution in [0.3, 0.4) is 0 Å². The van der Waals surface area contributed by atoms with Gasteiger partial charge in [-0.1, -0.05) is 0 Å². The van der Waals surface area contributed by atoms with Gasteiger partial charge in [-0.25, -0.2) is 0 Å². The molecule has 1 rings (SSSR count). The second-order valence-corrected chi connectivity index (χ2v) is 5.34. The molecule has 0 spiro atoms. The van der Waals surface area contributed by atoms with Crippen LogP contribution < -0.4 is 5.32 Å². The highest BCUT2D eigenvalue weighted by atomic mass is 16.2. The van der Waals surface area contributed by atoms with Gasteiger partial charge in [-0.3, -0.25) is 9.69 Å². The van der Waals surface area contributed by atoms with Crippen molar-refractivity contribution < 1.29 is 4.79 Å². The number of likely N-dealkylation sites (N-methyl/N-ethyl adjacent to an activating group) is 1. The summed E-state index contributed by atoms with van der Waals surface area (Å²) in [6.07, 6.45) is 4.29. The second kappa shape index (κ2) is 6.97. The van der Waals surface area contributed by atoms with Gasteiger partial charge in [-0.05, 0) is 39.8 Å². The van der Waals surface area contributed by atoms with E-state index in [1.165, 1.54) is 12.8 Å². The molecule has 1 unspecified atom stereocenters. The molecule has 4 nitrogen and oxygen atoms in total. The van der Waals surface area contributed by atoms with Crippen molar-refractivity contribution in [2.24, 2.45) is 0 Å². The van der Waals surface area contributed by atoms with E-state index in [4.69, 9.17) is 0 Å². The minimum absolute atomic E-state index is 0.218. The van der Waals surface area contributed by atoms with E-state index in [-0.39, 0.29) is 5.91 Å². The van der Waals surface area contributed by atoms with E-state index in [9.17, 15) is 4.79 Å². The minimum Gasteiger partial charge on any atom is -0.349 e. The van der Waals surface area contributed by atoms with E-state index in [1.54, 1.807) is 4.90 Å². The van der Waals surface area contributed by atoms with Gasteiger partial charge in [0.05, 0.1) is 0 Å². The van der Waals surface area contributed by atoms with Crippen molar-refractivity contribution in [2.75, 3.05) is 34.2 Å². The Balaban J connectivity index is 1.98. The van der Waals surface area contributed by atoms with Gasteiger partial charge in [-0.2, -0.15) is 0 Å². The fraction of sp³-hybridized carbons (Fsp3) is 0.923. The van der Waals surface area contributed by atoms with Crippen LogP contribution in [0, 0.1) is 0 Å². The van der Waals surface area contributed by atoms with E-state index in [0.29, 0.717) is 12.5 Å². The van der Waals surface area contributed by atoms with Crippen molar-refractivity contribution in [1.29, 1.82) is 0 Å². The quantitative estimate of drug-likeness (QED) is 0.642. The fourth-order valence-electron chi connectivity index (χ4n) is 1.88. The van der Waals surface area contributed by atoms with Crippen LogP contribution >= 0.6 is 0 Å². The normalized spacial score (nSPS) is 17.2. The number of nitrogens with zero attached hydrogens (tertiary/aromatic N) is 2. The summed E-state index contributed by atoms with van der Waals surface area (Å²) in [5.41, 5.74) is 0. The molecule has 0 aromatic heterocycles. The highest BCUT2D eigenvalue weighted by Crippen LogP contribution is 2.26. The third kappa shape index (κ3) is 5.50. The van der Waals surface area contributed by atoms with Crippen LogP contribution in [0.1, 0.15) is 32.6 Å². The Hall–Kier alpha value is -0.610. The van der Waals surface area contributed by atoms with Crippen LogP contribution in [0.5, 0.6) is 0 Å². The van der Waals surface area contributed by atoms with Gasteiger partial charge < -0.3 is 10.2 Å². The van der Waals surface area contributed by atoms with Crippen LogP contribution in [-0.2, 0) is 4.79 Å². The molecular weight excluding hydrogens is 214 g/mol. The molecule has 1 aliphatic carbocycles. The molecule has 0 radical (unpaired) electrons. The van der Waals surface area contributed by atoms with Crippen LogP contribution in [0.4, 0.5) is 0 Å². The third-order valence-corrected chi connectivity index (χ3v) is 3.50. The third-order valence-electron chi connectivity index (χ3n) is 3.50. The fourth-order valence-corrected chi connectivity index (χ4v) is 1.88. The number of nitrogens with one attached hydrogen (secondary N) is 1. The van der Waals surface area contributed by atoms with Crippen LogP contribution in [0.15, 0.2) is 0 Å². The highest BCUT2D eigenvalue weighted by molar-refractivity contribution is 5.75. The molecule has 0 aliphatic heterocycles. The Bertz CT molecular complexity index is 239. The molecule has 0 aromatic carbocycles. The molecule has 0 aromatic rings. The lowest BCUT2D eigenvalue weighted by molar-refractivity contribution is -0.128. The van der Waals surface area contributed by atoms with Gasteiger partial charge in [-0.15, -0.1) is 0 Å². The summed E-state index contributed by atoms with van der Waals surface area (Å²) in [5, 5.41) is 3.43. The first kappa shape index (κ1) is 14.5. The first-order valence-corrected chi connectivity index (χ1v) is 6.65. The molecule has 17 heavy (non-hydrogen) atoms. The van der Waals surface area contributed by atoms with Crippen molar-refractivity contribution in [3.63, 3.8) is 0 Å². The maximum Gasteiger partial charge on any atom is 0.222 e. The Morgan fingerprint density at radius 1 is 1.35 bits per heavy atom. The maximum atomic E-state index is 11.3. The maximum absolute atomic E-state index is 11.3. The van der Waals surface area contributed by atoms with Crippen LogP contribution in [0.25, 0.3) is 0 Å². The molecule has 1 fully saturated rings. The molecule has 0 saturated heterocycles. The number of carbonyl (C=O) groups excluding carboxylic acids is 1. The molecular formula is C13H27N3O. The largest absolute Gasteiger partial charge is 0.349 e. The zero-order valence-electron chi connectivity index (χ0n) is 11.7. The van der Waals surface area contributed by atoms with Crippen LogP contribution in [0.2, 0.25) is 0 Å². The standard InChI is InChI=1S/C13H27N3O/c1-11(16(4)12-7-8-12)10-14-9-5-6-13(17)15(2)3/h11-12,14H,5-10H2,1-4H3. The lowest BCUT2D eigenvalue weighted by Crippen LogP contribution is -2.39. The van der Waals surface area contributed by atoms with Crippen molar-refractivity contribution in [2.45, 2.75) is 44.7 Å². The van der Waals surface area contributed by atoms with E-state index >= 15 is 0 Å². The van der Waals surface area contributed by atoms with Crippen molar-refractivity contribution in [1.82, 2.24) is 15.1 Å². The van der Waals surface area contributed by atoms with Crippen molar-refractivity contribution in [3.05, 3.63) is 0 Å². The molecule has 1 aliphatic rings. The van der Waals surface area contributed by atoms with Gasteiger partial charge >= 0.3 is 0 Å². The van der Waals surface area contributed by atoms with Gasteiger partial charge in [0.15, 0.2) is 0 Å². The first-order chi connectivity index (χ1) is 8.02. The average molecular weight is 241 g/mol. The Morgan fingerprint density at radius 3 is 2.53 bits per heavy atom. The summed E-state index contributed by atoms with van der Waals surface area (Å²) < 4.78 is 0. The topological polar surface area (TPSA) is 35.6 Å². The van der Waals surface area contributed by atoms with Crippen molar-refractivity contribution >= 4 is 5.91 Å². The van der Waals surface area contributed by atoms with Gasteiger partial charge in [0, 0.05) is 39.1 Å². The lowest BCUT2D eigenvalue weighted by Gasteiger charge is -2.24. The molecule has 1 amide bonds. The van der Waals surface area contributed by atoms with Gasteiger partial charge in [0.2, 0.25) is 5.91 Å². The average Bonchev–Trinajstić information content (AvgIpc) is 3.10. The Morgan fingerprint density at radius 2 is 2.00 bits per heavy atom. The second-order valence-electron chi connectivity index (χ2n) is 5.34. The Kier molecular flexibility index (Phi) is 5.92. The summed E-state index contributed by atoms with van der Waals surface area (Å²) >= 11 is 0. The molecule has 1 saturated carbocycles. The minimum atomic E-state index is 0.218. The smallest absolute Gasteiger partial charge is 0.222 e. The summed E-state index contributed by atoms with van der Waals surface area (Å²) in [4.78, 5) is 15.4. The SMILES string of the molecule is CC(CNCCCC(=O)N(C)C)N(C)C1CC1. The molecule has 1 N–H and O–H groups in total. The number of rotatable bonds is 8. The summed E-state index contributed by atoms with van der Waals surface area (Å²) in [6.45, 7) is 4.21. The van der Waals surface area contributed by atoms with E-state index in [1.807, 2.05) is 14.1 Å². The summed E-state index contributed by atoms with van der Waals surface area (Å²) in [6, 6.07) is 1.41. The molecule has 100 valence electrons.